The highest BCUT2D eigenvalue weighted by molar-refractivity contribution is 5.99. The van der Waals surface area contributed by atoms with Crippen LogP contribution < -0.4 is 15.4 Å². The fourth-order valence-electron chi connectivity index (χ4n) is 4.14. The van der Waals surface area contributed by atoms with Crippen LogP contribution in [0.3, 0.4) is 0 Å². The van der Waals surface area contributed by atoms with E-state index in [4.69, 9.17) is 4.74 Å². The third-order valence-electron chi connectivity index (χ3n) is 5.98. The first-order valence-electron chi connectivity index (χ1n) is 11.2. The fourth-order valence-corrected chi connectivity index (χ4v) is 4.14. The molecule has 5 rings (SSSR count). The molecular formula is C25H26N6O3. The number of methoxy groups -OCH3 is 1. The van der Waals surface area contributed by atoms with Crippen LogP contribution in [0.1, 0.15) is 17.8 Å². The molecule has 0 unspecified atom stereocenters. The quantitative estimate of drug-likeness (QED) is 0.427. The summed E-state index contributed by atoms with van der Waals surface area (Å²) in [6.45, 7) is 2.25. The minimum Gasteiger partial charge on any atom is -0.477 e. The Morgan fingerprint density at radius 1 is 1.12 bits per heavy atom. The van der Waals surface area contributed by atoms with Gasteiger partial charge in [-0.25, -0.2) is 19.7 Å². The largest absolute Gasteiger partial charge is 0.477 e. The Hall–Kier alpha value is -4.14. The molecule has 34 heavy (non-hydrogen) atoms. The number of carbonyl (C=O) groups is 1. The lowest BCUT2D eigenvalue weighted by Crippen LogP contribution is -2.24. The Kier molecular flexibility index (Phi) is 6.24. The number of hydrogen-bond acceptors (Lipinski definition) is 7. The van der Waals surface area contributed by atoms with E-state index < -0.39 is 6.09 Å². The molecule has 1 aromatic carbocycles. The van der Waals surface area contributed by atoms with Crippen molar-refractivity contribution in [1.82, 2.24) is 19.5 Å². The monoisotopic (exact) mass is 458 g/mol. The zero-order chi connectivity index (χ0) is 23.3. The standard InChI is InChI=1S/C25H26N6O3/c1-33-25(32)30-24-21-3-2-20(14-19(21)5-8-28-24)29-15-17-4-7-27-23(13-17)34-16-18-6-10-31-11-9-26-22(31)12-18/h2-5,7-9,11,13-14,18,29H,6,10,12,15-16H2,1H3,(H,28,30,32)/t18-/m1/s1. The molecule has 2 N–H and O–H groups in total. The zero-order valence-electron chi connectivity index (χ0n) is 18.9. The number of ether oxygens (including phenoxy) is 2. The molecule has 0 spiro atoms. The molecule has 0 radical (unpaired) electrons. The number of carbonyl (C=O) groups excluding carboxylic acids is 1. The van der Waals surface area contributed by atoms with Crippen molar-refractivity contribution in [2.45, 2.75) is 25.9 Å². The second-order valence-electron chi connectivity index (χ2n) is 8.27. The van der Waals surface area contributed by atoms with Crippen LogP contribution >= 0.6 is 0 Å². The summed E-state index contributed by atoms with van der Waals surface area (Å²) in [6, 6.07) is 11.7. The molecule has 1 atom stereocenters. The Balaban J connectivity index is 1.19. The summed E-state index contributed by atoms with van der Waals surface area (Å²) in [7, 11) is 1.32. The molecule has 4 heterocycles. The molecule has 0 saturated heterocycles. The van der Waals surface area contributed by atoms with Gasteiger partial charge < -0.3 is 19.4 Å². The minimum atomic E-state index is -0.548. The maximum atomic E-state index is 11.5. The second-order valence-corrected chi connectivity index (χ2v) is 8.27. The van der Waals surface area contributed by atoms with Crippen molar-refractivity contribution in [1.29, 1.82) is 0 Å². The van der Waals surface area contributed by atoms with Gasteiger partial charge in [0.25, 0.3) is 0 Å². The van der Waals surface area contributed by atoms with Crippen molar-refractivity contribution in [3.05, 3.63) is 72.6 Å². The lowest BCUT2D eigenvalue weighted by molar-refractivity contribution is 0.187. The van der Waals surface area contributed by atoms with Gasteiger partial charge in [0.1, 0.15) is 11.6 Å². The van der Waals surface area contributed by atoms with Gasteiger partial charge in [-0.2, -0.15) is 0 Å². The Bertz CT molecular complexity index is 1300. The normalized spacial score (nSPS) is 14.9. The lowest BCUT2D eigenvalue weighted by atomic mass is 9.99. The van der Waals surface area contributed by atoms with Gasteiger partial charge in [0.15, 0.2) is 0 Å². The zero-order valence-corrected chi connectivity index (χ0v) is 18.9. The summed E-state index contributed by atoms with van der Waals surface area (Å²) in [5.74, 6) is 2.68. The topological polar surface area (TPSA) is 103 Å². The summed E-state index contributed by atoms with van der Waals surface area (Å²) in [4.78, 5) is 24.6. The molecule has 174 valence electrons. The van der Waals surface area contributed by atoms with Crippen LogP contribution in [0, 0.1) is 5.92 Å². The third kappa shape index (κ3) is 4.93. The van der Waals surface area contributed by atoms with E-state index in [1.54, 1.807) is 12.4 Å². The highest BCUT2D eigenvalue weighted by Crippen LogP contribution is 2.25. The average Bonchev–Trinajstić information content (AvgIpc) is 3.34. The molecular weight excluding hydrogens is 432 g/mol. The summed E-state index contributed by atoms with van der Waals surface area (Å²) in [6.07, 6.45) is 8.80. The van der Waals surface area contributed by atoms with E-state index >= 15 is 0 Å². The van der Waals surface area contributed by atoms with Crippen molar-refractivity contribution in [3.8, 4) is 5.88 Å². The number of amides is 1. The van der Waals surface area contributed by atoms with Crippen LogP contribution in [0.25, 0.3) is 10.8 Å². The number of fused-ring (bicyclic) bond motifs is 2. The number of aryl methyl sites for hydroxylation is 1. The smallest absolute Gasteiger partial charge is 0.412 e. The van der Waals surface area contributed by atoms with Crippen molar-refractivity contribution in [3.63, 3.8) is 0 Å². The first-order valence-corrected chi connectivity index (χ1v) is 11.2. The van der Waals surface area contributed by atoms with Crippen LogP contribution in [0.5, 0.6) is 5.88 Å². The molecule has 1 amide bonds. The molecule has 0 saturated carbocycles. The molecule has 4 aromatic rings. The van der Waals surface area contributed by atoms with Crippen LogP contribution in [0.15, 0.2) is 61.2 Å². The summed E-state index contributed by atoms with van der Waals surface area (Å²) in [5, 5.41) is 7.87. The molecule has 0 fully saturated rings. The first kappa shape index (κ1) is 21.7. The van der Waals surface area contributed by atoms with Crippen LogP contribution in [0.4, 0.5) is 16.3 Å². The van der Waals surface area contributed by atoms with Crippen molar-refractivity contribution in [2.24, 2.45) is 5.92 Å². The molecule has 0 aliphatic carbocycles. The fraction of sp³-hybridized carbons (Fsp3) is 0.280. The number of nitrogens with zero attached hydrogens (tertiary/aromatic N) is 4. The van der Waals surface area contributed by atoms with E-state index in [9.17, 15) is 4.79 Å². The number of pyridine rings is 2. The summed E-state index contributed by atoms with van der Waals surface area (Å²) >= 11 is 0. The van der Waals surface area contributed by atoms with Gasteiger partial charge in [0, 0.05) is 67.4 Å². The molecule has 3 aromatic heterocycles. The minimum absolute atomic E-state index is 0.448. The van der Waals surface area contributed by atoms with Gasteiger partial charge in [-0.15, -0.1) is 0 Å². The molecule has 1 aliphatic rings. The van der Waals surface area contributed by atoms with E-state index in [1.807, 2.05) is 48.8 Å². The molecule has 9 nitrogen and oxygen atoms in total. The Labute approximate surface area is 197 Å². The van der Waals surface area contributed by atoms with E-state index in [0.717, 1.165) is 47.2 Å². The van der Waals surface area contributed by atoms with Crippen molar-refractivity contribution < 1.29 is 14.3 Å². The highest BCUT2D eigenvalue weighted by Gasteiger charge is 2.20. The molecule has 9 heteroatoms. The van der Waals surface area contributed by atoms with E-state index in [0.29, 0.717) is 30.8 Å². The molecule has 0 bridgehead atoms. The van der Waals surface area contributed by atoms with E-state index in [2.05, 4.69) is 34.9 Å². The van der Waals surface area contributed by atoms with Gasteiger partial charge in [0.05, 0.1) is 13.7 Å². The predicted octanol–water partition coefficient (Wildman–Crippen LogP) is 4.26. The van der Waals surface area contributed by atoms with Crippen molar-refractivity contribution >= 4 is 28.4 Å². The van der Waals surface area contributed by atoms with Gasteiger partial charge in [-0.3, -0.25) is 5.32 Å². The van der Waals surface area contributed by atoms with Crippen LogP contribution in [-0.2, 0) is 24.2 Å². The second kappa shape index (κ2) is 9.78. The number of imidazole rings is 1. The number of hydrogen-bond donors (Lipinski definition) is 2. The average molecular weight is 459 g/mol. The lowest BCUT2D eigenvalue weighted by Gasteiger charge is -2.23. The number of aromatic nitrogens is 4. The highest BCUT2D eigenvalue weighted by atomic mass is 16.5. The van der Waals surface area contributed by atoms with Gasteiger partial charge in [-0.05, 0) is 47.7 Å². The maximum absolute atomic E-state index is 11.5. The van der Waals surface area contributed by atoms with Gasteiger partial charge >= 0.3 is 6.09 Å². The summed E-state index contributed by atoms with van der Waals surface area (Å²) in [5.41, 5.74) is 2.03. The Morgan fingerprint density at radius 3 is 2.94 bits per heavy atom. The Morgan fingerprint density at radius 2 is 2.03 bits per heavy atom. The number of rotatable bonds is 7. The number of nitrogens with one attached hydrogen (secondary N) is 2. The number of anilines is 2. The van der Waals surface area contributed by atoms with Gasteiger partial charge in [-0.1, -0.05) is 0 Å². The van der Waals surface area contributed by atoms with Crippen molar-refractivity contribution in [2.75, 3.05) is 24.4 Å². The number of benzene rings is 1. The van der Waals surface area contributed by atoms with Crippen LogP contribution in [-0.4, -0.2) is 39.3 Å². The molecule has 1 aliphatic heterocycles. The third-order valence-corrected chi connectivity index (χ3v) is 5.98. The van der Waals surface area contributed by atoms with Crippen LogP contribution in [0.2, 0.25) is 0 Å². The van der Waals surface area contributed by atoms with Gasteiger partial charge in [0.2, 0.25) is 5.88 Å². The SMILES string of the molecule is COC(=O)Nc1nccc2cc(NCc3ccnc(OC[C@@H]4CCn5ccnc5C4)c3)ccc12. The maximum Gasteiger partial charge on any atom is 0.412 e. The summed E-state index contributed by atoms with van der Waals surface area (Å²) < 4.78 is 12.9. The van der Waals surface area contributed by atoms with E-state index in [1.165, 1.54) is 7.11 Å². The predicted molar refractivity (Wildman–Crippen MR) is 129 cm³/mol. The first-order chi connectivity index (χ1) is 16.7. The van der Waals surface area contributed by atoms with E-state index in [-0.39, 0.29) is 0 Å².